The van der Waals surface area contributed by atoms with Gasteiger partial charge in [0.05, 0.1) is 18.8 Å². The van der Waals surface area contributed by atoms with Gasteiger partial charge in [0.15, 0.2) is 5.13 Å². The summed E-state index contributed by atoms with van der Waals surface area (Å²) in [4.78, 5) is 16.5. The van der Waals surface area contributed by atoms with Crippen LogP contribution in [0.1, 0.15) is 0 Å². The zero-order chi connectivity index (χ0) is 14.7. The Balaban J connectivity index is 1.70. The van der Waals surface area contributed by atoms with Gasteiger partial charge in [-0.05, 0) is 18.0 Å². The zero-order valence-corrected chi connectivity index (χ0v) is 13.3. The van der Waals surface area contributed by atoms with E-state index in [4.69, 9.17) is 16.3 Å². The first kappa shape index (κ1) is 14.6. The van der Waals surface area contributed by atoms with Gasteiger partial charge in [-0.15, -0.1) is 11.3 Å². The summed E-state index contributed by atoms with van der Waals surface area (Å²) in [7, 11) is 0. The Kier molecular flexibility index (Phi) is 4.64. The Hall–Kier alpha value is -1.28. The normalized spacial score (nSPS) is 15.0. The van der Waals surface area contributed by atoms with E-state index < -0.39 is 0 Å². The summed E-state index contributed by atoms with van der Waals surface area (Å²) in [5, 5.41) is 5.87. The second-order valence-electron chi connectivity index (χ2n) is 4.21. The smallest absolute Gasteiger partial charge is 0.333 e. The average molecular weight is 342 g/mol. The van der Waals surface area contributed by atoms with E-state index in [0.717, 1.165) is 11.3 Å². The van der Waals surface area contributed by atoms with E-state index in [9.17, 15) is 4.79 Å². The van der Waals surface area contributed by atoms with E-state index >= 15 is 0 Å². The number of carbonyl (C=O) groups is 1. The molecule has 1 fully saturated rings. The Morgan fingerprint density at radius 1 is 1.43 bits per heavy atom. The van der Waals surface area contributed by atoms with Crippen LogP contribution in [0.2, 0.25) is 5.02 Å². The van der Waals surface area contributed by atoms with Crippen LogP contribution in [-0.2, 0) is 4.74 Å². The second kappa shape index (κ2) is 6.65. The van der Waals surface area contributed by atoms with Gasteiger partial charge in [0.25, 0.3) is 0 Å². The number of nitrogens with zero attached hydrogens (tertiary/aromatic N) is 2. The van der Waals surface area contributed by atoms with Crippen LogP contribution >= 0.6 is 34.9 Å². The quantitative estimate of drug-likeness (QED) is 0.841. The maximum absolute atomic E-state index is 12.1. The third-order valence-electron chi connectivity index (χ3n) is 2.82. The van der Waals surface area contributed by atoms with Gasteiger partial charge < -0.3 is 4.74 Å². The number of aromatic nitrogens is 1. The van der Waals surface area contributed by atoms with Crippen molar-refractivity contribution in [2.24, 2.45) is 0 Å². The molecule has 0 radical (unpaired) electrons. The fraction of sp³-hybridized carbons (Fsp3) is 0.231. The minimum atomic E-state index is -0.177. The number of thiazole rings is 1. The first-order chi connectivity index (χ1) is 10.2. The third kappa shape index (κ3) is 3.49. The lowest BCUT2D eigenvalue weighted by molar-refractivity contribution is 0.152. The summed E-state index contributed by atoms with van der Waals surface area (Å²) >= 11 is 8.87. The summed E-state index contributed by atoms with van der Waals surface area (Å²) in [5.74, 6) is 0.496. The molecule has 2 amide bonds. The molecule has 1 aliphatic rings. The summed E-state index contributed by atoms with van der Waals surface area (Å²) in [5.41, 5.74) is 1.62. The lowest BCUT2D eigenvalue weighted by atomic mass is 10.2. The fourth-order valence-electron chi connectivity index (χ4n) is 1.81. The predicted octanol–water partition coefficient (Wildman–Crippen LogP) is 3.93. The van der Waals surface area contributed by atoms with Crippen molar-refractivity contribution in [1.82, 2.24) is 9.29 Å². The number of hydrogen-bond acceptors (Lipinski definition) is 5. The third-order valence-corrected chi connectivity index (χ3v) is 4.84. The van der Waals surface area contributed by atoms with Crippen molar-refractivity contribution in [3.63, 3.8) is 0 Å². The molecule has 21 heavy (non-hydrogen) atoms. The number of urea groups is 1. The first-order valence-corrected chi connectivity index (χ1v) is 8.43. The van der Waals surface area contributed by atoms with Crippen molar-refractivity contribution in [3.05, 3.63) is 34.7 Å². The Morgan fingerprint density at radius 3 is 3.05 bits per heavy atom. The highest BCUT2D eigenvalue weighted by Crippen LogP contribution is 2.30. The molecule has 1 saturated heterocycles. The number of halogens is 1. The number of ether oxygens (including phenoxy) is 1. The molecule has 0 saturated carbocycles. The standard InChI is InChI=1S/C13H12ClN3O2S2/c14-10-4-2-1-3-9(10)11-7-20-12(15-11)16-13(18)17-5-6-19-8-21-17/h1-4,7H,5-6,8H2,(H,15,16,18). The van der Waals surface area contributed by atoms with Crippen molar-refractivity contribution in [3.8, 4) is 11.3 Å². The predicted molar refractivity (Wildman–Crippen MR) is 86.7 cm³/mol. The van der Waals surface area contributed by atoms with Crippen molar-refractivity contribution in [1.29, 1.82) is 0 Å². The minimum Gasteiger partial charge on any atom is -0.367 e. The van der Waals surface area contributed by atoms with Crippen LogP contribution in [0, 0.1) is 0 Å². The number of rotatable bonds is 2. The van der Waals surface area contributed by atoms with Gasteiger partial charge in [-0.25, -0.2) is 9.78 Å². The molecule has 1 N–H and O–H groups in total. The molecule has 1 aromatic heterocycles. The lowest BCUT2D eigenvalue weighted by Crippen LogP contribution is -2.35. The zero-order valence-electron chi connectivity index (χ0n) is 10.9. The van der Waals surface area contributed by atoms with Gasteiger partial charge in [-0.1, -0.05) is 29.8 Å². The molecular weight excluding hydrogens is 330 g/mol. The number of amides is 2. The molecule has 1 aromatic carbocycles. The van der Waals surface area contributed by atoms with E-state index in [0.29, 0.717) is 29.2 Å². The molecule has 0 atom stereocenters. The van der Waals surface area contributed by atoms with Crippen LogP contribution in [0.25, 0.3) is 11.3 Å². The number of nitrogens with one attached hydrogen (secondary N) is 1. The number of anilines is 1. The topological polar surface area (TPSA) is 54.5 Å². The van der Waals surface area contributed by atoms with Crippen LogP contribution < -0.4 is 5.32 Å². The highest BCUT2D eigenvalue weighted by Gasteiger charge is 2.19. The van der Waals surface area contributed by atoms with Crippen molar-refractivity contribution in [2.75, 3.05) is 24.4 Å². The molecular formula is C13H12ClN3O2S2. The fourth-order valence-corrected chi connectivity index (χ4v) is 3.43. The van der Waals surface area contributed by atoms with Crippen LogP contribution in [0.4, 0.5) is 9.93 Å². The number of carbonyl (C=O) groups excluding carboxylic acids is 1. The molecule has 110 valence electrons. The largest absolute Gasteiger partial charge is 0.367 e. The number of benzene rings is 1. The van der Waals surface area contributed by atoms with Crippen LogP contribution in [0.15, 0.2) is 29.6 Å². The van der Waals surface area contributed by atoms with Crippen LogP contribution in [0.5, 0.6) is 0 Å². The van der Waals surface area contributed by atoms with Crippen molar-refractivity contribution in [2.45, 2.75) is 0 Å². The molecule has 2 heterocycles. The SMILES string of the molecule is O=C(Nc1nc(-c2ccccc2Cl)cs1)N1CCOCS1. The Bertz CT molecular complexity index is 644. The molecule has 0 aliphatic carbocycles. The van der Waals surface area contributed by atoms with Crippen molar-refractivity contribution >= 4 is 46.0 Å². The van der Waals surface area contributed by atoms with E-state index in [2.05, 4.69) is 10.3 Å². The van der Waals surface area contributed by atoms with Gasteiger partial charge >= 0.3 is 6.03 Å². The van der Waals surface area contributed by atoms with E-state index in [-0.39, 0.29) is 6.03 Å². The average Bonchev–Trinajstić information content (AvgIpc) is 2.97. The van der Waals surface area contributed by atoms with Crippen LogP contribution in [0.3, 0.4) is 0 Å². The molecule has 0 unspecified atom stereocenters. The monoisotopic (exact) mass is 341 g/mol. The summed E-state index contributed by atoms with van der Waals surface area (Å²) in [6.45, 7) is 1.13. The maximum Gasteiger partial charge on any atom is 0.333 e. The molecule has 2 aromatic rings. The highest BCUT2D eigenvalue weighted by molar-refractivity contribution is 7.97. The Morgan fingerprint density at radius 2 is 2.29 bits per heavy atom. The van der Waals surface area contributed by atoms with Gasteiger partial charge in [-0.2, -0.15) is 0 Å². The Labute approximate surface area is 135 Å². The summed E-state index contributed by atoms with van der Waals surface area (Å²) in [6, 6.07) is 7.32. The second-order valence-corrected chi connectivity index (χ2v) is 6.41. The minimum absolute atomic E-state index is 0.177. The molecule has 8 heteroatoms. The van der Waals surface area contributed by atoms with Gasteiger partial charge in [0, 0.05) is 16.0 Å². The van der Waals surface area contributed by atoms with Gasteiger partial charge in [0.2, 0.25) is 0 Å². The van der Waals surface area contributed by atoms with Crippen LogP contribution in [-0.4, -0.2) is 34.4 Å². The highest BCUT2D eigenvalue weighted by atomic mass is 35.5. The van der Waals surface area contributed by atoms with E-state index in [1.807, 2.05) is 29.6 Å². The summed E-state index contributed by atoms with van der Waals surface area (Å²) in [6.07, 6.45) is 0. The van der Waals surface area contributed by atoms with E-state index in [1.165, 1.54) is 23.3 Å². The summed E-state index contributed by atoms with van der Waals surface area (Å²) < 4.78 is 6.83. The van der Waals surface area contributed by atoms with Gasteiger partial charge in [0.1, 0.15) is 5.94 Å². The lowest BCUT2D eigenvalue weighted by Gasteiger charge is -2.24. The van der Waals surface area contributed by atoms with E-state index in [1.54, 1.807) is 4.31 Å². The molecule has 1 aliphatic heterocycles. The van der Waals surface area contributed by atoms with Crippen molar-refractivity contribution < 1.29 is 9.53 Å². The molecule has 5 nitrogen and oxygen atoms in total. The molecule has 0 spiro atoms. The van der Waals surface area contributed by atoms with Gasteiger partial charge in [-0.3, -0.25) is 9.62 Å². The first-order valence-electron chi connectivity index (χ1n) is 6.23. The molecule has 0 bridgehead atoms. The molecule has 3 rings (SSSR count). The maximum atomic E-state index is 12.1. The number of hydrogen-bond donors (Lipinski definition) is 1.